The lowest BCUT2D eigenvalue weighted by Crippen LogP contribution is -2.44. The van der Waals surface area contributed by atoms with Gasteiger partial charge in [0, 0.05) is 26.6 Å². The Hall–Kier alpha value is -1.10. The van der Waals surface area contributed by atoms with Crippen molar-refractivity contribution in [2.75, 3.05) is 20.2 Å². The molecule has 0 saturated carbocycles. The molecule has 0 unspecified atom stereocenters. The molecule has 0 aromatic heterocycles. The summed E-state index contributed by atoms with van der Waals surface area (Å²) in [5, 5.41) is 2.96. The highest BCUT2D eigenvalue weighted by Crippen LogP contribution is 2.18. The number of likely N-dealkylation sites (tertiary alicyclic amines) is 1. The highest BCUT2D eigenvalue weighted by Gasteiger charge is 2.33. The SMILES string of the molecule is C[C@H](NC(=O)[C@H]1CC(=O)N(C)C1)[C@@H]1CCCO1. The smallest absolute Gasteiger partial charge is 0.225 e. The van der Waals surface area contributed by atoms with Gasteiger partial charge >= 0.3 is 0 Å². The van der Waals surface area contributed by atoms with E-state index < -0.39 is 0 Å². The average molecular weight is 240 g/mol. The third-order valence-electron chi connectivity index (χ3n) is 3.60. The van der Waals surface area contributed by atoms with Crippen LogP contribution in [-0.2, 0) is 14.3 Å². The maximum Gasteiger partial charge on any atom is 0.225 e. The van der Waals surface area contributed by atoms with Crippen LogP contribution in [-0.4, -0.2) is 49.1 Å². The Balaban J connectivity index is 1.82. The number of carbonyl (C=O) groups excluding carboxylic acids is 2. The van der Waals surface area contributed by atoms with Crippen molar-refractivity contribution in [2.45, 2.75) is 38.3 Å². The second-order valence-corrected chi connectivity index (χ2v) is 5.02. The van der Waals surface area contributed by atoms with E-state index in [0.717, 1.165) is 19.4 Å². The molecular weight excluding hydrogens is 220 g/mol. The summed E-state index contributed by atoms with van der Waals surface area (Å²) in [6.45, 7) is 3.28. The minimum Gasteiger partial charge on any atom is -0.376 e. The molecule has 0 bridgehead atoms. The van der Waals surface area contributed by atoms with E-state index in [9.17, 15) is 9.59 Å². The first-order valence-corrected chi connectivity index (χ1v) is 6.24. The van der Waals surface area contributed by atoms with E-state index >= 15 is 0 Å². The van der Waals surface area contributed by atoms with Crippen LogP contribution >= 0.6 is 0 Å². The minimum absolute atomic E-state index is 0.0225. The minimum atomic E-state index is -0.198. The fourth-order valence-electron chi connectivity index (χ4n) is 2.47. The third kappa shape index (κ3) is 2.77. The number of nitrogens with zero attached hydrogens (tertiary/aromatic N) is 1. The Bertz CT molecular complexity index is 313. The van der Waals surface area contributed by atoms with Crippen molar-refractivity contribution in [1.82, 2.24) is 10.2 Å². The molecule has 0 aromatic rings. The van der Waals surface area contributed by atoms with Gasteiger partial charge in [0.25, 0.3) is 0 Å². The summed E-state index contributed by atoms with van der Waals surface area (Å²) in [5.41, 5.74) is 0. The van der Waals surface area contributed by atoms with Gasteiger partial charge in [0.2, 0.25) is 11.8 Å². The van der Waals surface area contributed by atoms with Crippen molar-refractivity contribution in [3.05, 3.63) is 0 Å². The van der Waals surface area contributed by atoms with Crippen LogP contribution in [0.15, 0.2) is 0 Å². The molecule has 2 heterocycles. The van der Waals surface area contributed by atoms with Crippen molar-refractivity contribution in [3.63, 3.8) is 0 Å². The maximum atomic E-state index is 12.0. The summed E-state index contributed by atoms with van der Waals surface area (Å²) in [6.07, 6.45) is 2.54. The van der Waals surface area contributed by atoms with Gasteiger partial charge < -0.3 is 15.0 Å². The molecule has 0 spiro atoms. The van der Waals surface area contributed by atoms with Crippen LogP contribution in [0, 0.1) is 5.92 Å². The Morgan fingerprint density at radius 3 is 2.88 bits per heavy atom. The summed E-state index contributed by atoms with van der Waals surface area (Å²) in [5.74, 6) is -0.169. The van der Waals surface area contributed by atoms with Crippen LogP contribution in [0.5, 0.6) is 0 Å². The van der Waals surface area contributed by atoms with Gasteiger partial charge in [0.1, 0.15) is 0 Å². The van der Waals surface area contributed by atoms with Gasteiger partial charge in [-0.3, -0.25) is 9.59 Å². The van der Waals surface area contributed by atoms with E-state index in [1.54, 1.807) is 11.9 Å². The molecule has 3 atom stereocenters. The van der Waals surface area contributed by atoms with Gasteiger partial charge in [-0.1, -0.05) is 0 Å². The summed E-state index contributed by atoms with van der Waals surface area (Å²) >= 11 is 0. The number of hydrogen-bond acceptors (Lipinski definition) is 3. The normalized spacial score (nSPS) is 30.7. The van der Waals surface area contributed by atoms with Gasteiger partial charge in [0.05, 0.1) is 18.1 Å². The number of amides is 2. The molecule has 0 radical (unpaired) electrons. The quantitative estimate of drug-likeness (QED) is 0.764. The van der Waals surface area contributed by atoms with Crippen molar-refractivity contribution in [2.24, 2.45) is 5.92 Å². The van der Waals surface area contributed by atoms with Crippen LogP contribution in [0.2, 0.25) is 0 Å². The summed E-state index contributed by atoms with van der Waals surface area (Å²) in [7, 11) is 1.74. The van der Waals surface area contributed by atoms with Crippen LogP contribution in [0.1, 0.15) is 26.2 Å². The van der Waals surface area contributed by atoms with Gasteiger partial charge in [-0.05, 0) is 19.8 Å². The molecule has 96 valence electrons. The van der Waals surface area contributed by atoms with Crippen LogP contribution in [0.4, 0.5) is 0 Å². The summed E-state index contributed by atoms with van der Waals surface area (Å²) < 4.78 is 5.53. The third-order valence-corrected chi connectivity index (χ3v) is 3.60. The van der Waals surface area contributed by atoms with Crippen molar-refractivity contribution < 1.29 is 14.3 Å². The summed E-state index contributed by atoms with van der Waals surface area (Å²) in [4.78, 5) is 24.9. The fourth-order valence-corrected chi connectivity index (χ4v) is 2.47. The van der Waals surface area contributed by atoms with E-state index in [1.807, 2.05) is 6.92 Å². The monoisotopic (exact) mass is 240 g/mol. The maximum absolute atomic E-state index is 12.0. The fraction of sp³-hybridized carbons (Fsp3) is 0.833. The van der Waals surface area contributed by atoms with Gasteiger partial charge in [0.15, 0.2) is 0 Å². The molecule has 0 aliphatic carbocycles. The Morgan fingerprint density at radius 1 is 1.59 bits per heavy atom. The van der Waals surface area contributed by atoms with Crippen LogP contribution in [0.25, 0.3) is 0 Å². The molecule has 2 saturated heterocycles. The van der Waals surface area contributed by atoms with E-state index in [1.165, 1.54) is 0 Å². The lowest BCUT2D eigenvalue weighted by Gasteiger charge is -2.21. The largest absolute Gasteiger partial charge is 0.376 e. The number of rotatable bonds is 3. The lowest BCUT2D eigenvalue weighted by molar-refractivity contribution is -0.128. The average Bonchev–Trinajstić information content (AvgIpc) is 2.89. The number of hydrogen-bond donors (Lipinski definition) is 1. The molecule has 5 heteroatoms. The zero-order chi connectivity index (χ0) is 12.4. The lowest BCUT2D eigenvalue weighted by atomic mass is 10.1. The highest BCUT2D eigenvalue weighted by atomic mass is 16.5. The second kappa shape index (κ2) is 5.04. The van der Waals surface area contributed by atoms with Crippen LogP contribution < -0.4 is 5.32 Å². The predicted molar refractivity (Wildman–Crippen MR) is 62.3 cm³/mol. The molecule has 2 amide bonds. The summed E-state index contributed by atoms with van der Waals surface area (Å²) in [6, 6.07) is 0.0333. The molecule has 5 nitrogen and oxygen atoms in total. The van der Waals surface area contributed by atoms with Gasteiger partial charge in [-0.25, -0.2) is 0 Å². The topological polar surface area (TPSA) is 58.6 Å². The van der Waals surface area contributed by atoms with Crippen molar-refractivity contribution in [3.8, 4) is 0 Å². The van der Waals surface area contributed by atoms with E-state index in [-0.39, 0.29) is 29.9 Å². The van der Waals surface area contributed by atoms with Gasteiger partial charge in [-0.2, -0.15) is 0 Å². The molecule has 0 aromatic carbocycles. The number of ether oxygens (including phenoxy) is 1. The standard InChI is InChI=1S/C12H20N2O3/c1-8(10-4-3-5-17-10)13-12(16)9-6-11(15)14(2)7-9/h8-10H,3-7H2,1-2H3,(H,13,16)/t8-,9-,10-/m0/s1. The van der Waals surface area contributed by atoms with Crippen molar-refractivity contribution >= 4 is 11.8 Å². The zero-order valence-electron chi connectivity index (χ0n) is 10.4. The first-order valence-electron chi connectivity index (χ1n) is 6.24. The number of nitrogens with one attached hydrogen (secondary N) is 1. The zero-order valence-corrected chi connectivity index (χ0v) is 10.4. The van der Waals surface area contributed by atoms with Gasteiger partial charge in [-0.15, -0.1) is 0 Å². The first-order chi connectivity index (χ1) is 8.08. The molecule has 2 rings (SSSR count). The van der Waals surface area contributed by atoms with E-state index in [4.69, 9.17) is 4.74 Å². The molecular formula is C12H20N2O3. The Labute approximate surface area is 101 Å². The predicted octanol–water partition coefficient (Wildman–Crippen LogP) is 0.148. The molecule has 17 heavy (non-hydrogen) atoms. The number of carbonyl (C=O) groups is 2. The molecule has 1 N–H and O–H groups in total. The first kappa shape index (κ1) is 12.4. The Kier molecular flexibility index (Phi) is 3.66. The van der Waals surface area contributed by atoms with Crippen molar-refractivity contribution in [1.29, 1.82) is 0 Å². The molecule has 2 fully saturated rings. The van der Waals surface area contributed by atoms with E-state index in [2.05, 4.69) is 5.32 Å². The highest BCUT2D eigenvalue weighted by molar-refractivity contribution is 5.89. The molecule has 2 aliphatic heterocycles. The van der Waals surface area contributed by atoms with E-state index in [0.29, 0.717) is 13.0 Å². The van der Waals surface area contributed by atoms with Crippen LogP contribution in [0.3, 0.4) is 0 Å². The Morgan fingerprint density at radius 2 is 2.35 bits per heavy atom. The second-order valence-electron chi connectivity index (χ2n) is 5.02. The molecule has 2 aliphatic rings.